The number of anilines is 1. The molecule has 11 heteroatoms. The van der Waals surface area contributed by atoms with Crippen LogP contribution in [0.25, 0.3) is 5.69 Å². The predicted molar refractivity (Wildman–Crippen MR) is 135 cm³/mol. The van der Waals surface area contributed by atoms with Gasteiger partial charge in [-0.25, -0.2) is 18.3 Å². The molecule has 1 saturated heterocycles. The first kappa shape index (κ1) is 26.2. The molecular weight excluding hydrogens is 536 g/mol. The Morgan fingerprint density at radius 3 is 2.50 bits per heavy atom. The second kappa shape index (κ2) is 11.9. The highest BCUT2D eigenvalue weighted by Crippen LogP contribution is 2.31. The van der Waals surface area contributed by atoms with E-state index in [0.29, 0.717) is 47.8 Å². The maximum atomic E-state index is 14.0. The Bertz CT molecular complexity index is 1170. The highest BCUT2D eigenvalue weighted by molar-refractivity contribution is 9.10. The van der Waals surface area contributed by atoms with Gasteiger partial charge in [0.25, 0.3) is 0 Å². The van der Waals surface area contributed by atoms with Gasteiger partial charge in [-0.3, -0.25) is 10.2 Å². The summed E-state index contributed by atoms with van der Waals surface area (Å²) in [6, 6.07) is 12.0. The molecule has 192 valence electrons. The first-order valence-corrected chi connectivity index (χ1v) is 12.3. The van der Waals surface area contributed by atoms with Crippen LogP contribution in [0.2, 0.25) is 0 Å². The number of hydrogen-bond donors (Lipinski definition) is 2. The van der Waals surface area contributed by atoms with E-state index in [1.807, 2.05) is 30.3 Å². The Hall–Kier alpha value is -2.86. The SMILES string of the molecule is COCCN1CC(NC(=O)Nc2c(Br)c(COC)nn2-c2ccccc2)C(c2cc(F)cc(F)c2)C1. The lowest BCUT2D eigenvalue weighted by Crippen LogP contribution is -2.42. The minimum atomic E-state index is -0.648. The smallest absolute Gasteiger partial charge is 0.320 e. The quantitative estimate of drug-likeness (QED) is 0.406. The molecule has 1 aliphatic rings. The van der Waals surface area contributed by atoms with Crippen LogP contribution in [0.15, 0.2) is 53.0 Å². The summed E-state index contributed by atoms with van der Waals surface area (Å²) in [5, 5.41) is 10.5. The largest absolute Gasteiger partial charge is 0.383 e. The molecule has 0 bridgehead atoms. The maximum absolute atomic E-state index is 14.0. The molecule has 0 spiro atoms. The van der Waals surface area contributed by atoms with Crippen molar-refractivity contribution in [2.24, 2.45) is 0 Å². The van der Waals surface area contributed by atoms with Gasteiger partial charge in [-0.2, -0.15) is 5.10 Å². The van der Waals surface area contributed by atoms with Crippen molar-refractivity contribution in [2.45, 2.75) is 18.6 Å². The molecule has 2 atom stereocenters. The normalized spacial score (nSPS) is 17.9. The fraction of sp³-hybridized carbons (Fsp3) is 0.360. The lowest BCUT2D eigenvalue weighted by molar-refractivity contribution is 0.159. The number of nitrogens with one attached hydrogen (secondary N) is 2. The zero-order chi connectivity index (χ0) is 25.7. The van der Waals surface area contributed by atoms with Crippen LogP contribution in [-0.2, 0) is 16.1 Å². The minimum absolute atomic E-state index is 0.251. The molecule has 2 aromatic carbocycles. The second-order valence-corrected chi connectivity index (χ2v) is 9.35. The Morgan fingerprint density at radius 2 is 1.83 bits per heavy atom. The Kier molecular flexibility index (Phi) is 8.68. The molecule has 0 saturated carbocycles. The van der Waals surface area contributed by atoms with Crippen LogP contribution in [0, 0.1) is 11.6 Å². The number of ether oxygens (including phenoxy) is 2. The molecule has 2 heterocycles. The number of benzene rings is 2. The van der Waals surface area contributed by atoms with E-state index in [0.717, 1.165) is 11.8 Å². The summed E-state index contributed by atoms with van der Waals surface area (Å²) in [5.74, 6) is -1.16. The standard InChI is InChI=1S/C25H28BrF2N5O3/c1-35-9-8-32-13-20(16-10-17(27)12-18(28)11-16)21(14-32)29-25(34)30-24-23(26)22(15-36-2)31-33(24)19-6-4-3-5-7-19/h3-7,10-12,20-21H,8-9,13-15H2,1-2H3,(H2,29,30,34). The fourth-order valence-corrected chi connectivity index (χ4v) is 4.87. The lowest BCUT2D eigenvalue weighted by Gasteiger charge is -2.21. The van der Waals surface area contributed by atoms with E-state index in [4.69, 9.17) is 9.47 Å². The summed E-state index contributed by atoms with van der Waals surface area (Å²) in [4.78, 5) is 15.3. The summed E-state index contributed by atoms with van der Waals surface area (Å²) >= 11 is 3.53. The van der Waals surface area contributed by atoms with Crippen molar-refractivity contribution in [1.29, 1.82) is 0 Å². The van der Waals surface area contributed by atoms with Crippen molar-refractivity contribution in [2.75, 3.05) is 45.8 Å². The number of nitrogens with zero attached hydrogens (tertiary/aromatic N) is 3. The number of likely N-dealkylation sites (tertiary alicyclic amines) is 1. The number of rotatable bonds is 9. The first-order chi connectivity index (χ1) is 17.4. The van der Waals surface area contributed by atoms with Gasteiger partial charge >= 0.3 is 6.03 Å². The van der Waals surface area contributed by atoms with E-state index >= 15 is 0 Å². The number of aromatic nitrogens is 2. The molecule has 36 heavy (non-hydrogen) atoms. The van der Waals surface area contributed by atoms with Crippen LogP contribution < -0.4 is 10.6 Å². The number of urea groups is 1. The van der Waals surface area contributed by atoms with Gasteiger partial charge in [0.15, 0.2) is 5.82 Å². The topological polar surface area (TPSA) is 80.7 Å². The molecule has 4 rings (SSSR count). The summed E-state index contributed by atoms with van der Waals surface area (Å²) in [6.45, 7) is 2.43. The first-order valence-electron chi connectivity index (χ1n) is 11.5. The zero-order valence-corrected chi connectivity index (χ0v) is 21.6. The second-order valence-electron chi connectivity index (χ2n) is 8.56. The van der Waals surface area contributed by atoms with Crippen LogP contribution >= 0.6 is 15.9 Å². The van der Waals surface area contributed by atoms with Crippen molar-refractivity contribution >= 4 is 27.8 Å². The van der Waals surface area contributed by atoms with Crippen molar-refractivity contribution in [3.05, 3.63) is 75.9 Å². The van der Waals surface area contributed by atoms with Gasteiger partial charge in [0, 0.05) is 45.8 Å². The molecule has 1 fully saturated rings. The van der Waals surface area contributed by atoms with Crippen LogP contribution in [0.4, 0.5) is 19.4 Å². The van der Waals surface area contributed by atoms with Crippen LogP contribution in [0.1, 0.15) is 17.2 Å². The molecule has 1 aromatic heterocycles. The molecule has 2 N–H and O–H groups in total. The van der Waals surface area contributed by atoms with Gasteiger partial charge in [0.05, 0.1) is 29.4 Å². The Balaban J connectivity index is 1.57. The molecule has 1 aliphatic heterocycles. The predicted octanol–water partition coefficient (Wildman–Crippen LogP) is 4.30. The number of carbonyl (C=O) groups excluding carboxylic acids is 1. The van der Waals surface area contributed by atoms with Gasteiger partial charge in [-0.15, -0.1) is 0 Å². The molecule has 0 radical (unpaired) electrons. The zero-order valence-electron chi connectivity index (χ0n) is 20.0. The average Bonchev–Trinajstić information content (AvgIpc) is 3.39. The number of amides is 2. The van der Waals surface area contributed by atoms with Gasteiger partial charge in [0.1, 0.15) is 17.3 Å². The summed E-state index contributed by atoms with van der Waals surface area (Å²) in [6.07, 6.45) is 0. The van der Waals surface area contributed by atoms with Gasteiger partial charge in [-0.1, -0.05) is 18.2 Å². The molecule has 3 aromatic rings. The van der Waals surface area contributed by atoms with Crippen molar-refractivity contribution in [1.82, 2.24) is 20.0 Å². The monoisotopic (exact) mass is 563 g/mol. The van der Waals surface area contributed by atoms with Crippen LogP contribution in [0.5, 0.6) is 0 Å². The van der Waals surface area contributed by atoms with Crippen LogP contribution in [-0.4, -0.2) is 67.2 Å². The maximum Gasteiger partial charge on any atom is 0.320 e. The summed E-state index contributed by atoms with van der Waals surface area (Å²) < 4.78 is 40.6. The number of methoxy groups -OCH3 is 2. The fourth-order valence-electron chi connectivity index (χ4n) is 4.41. The average molecular weight is 564 g/mol. The number of carbonyl (C=O) groups is 1. The third-order valence-corrected chi connectivity index (χ3v) is 6.88. The molecular formula is C25H28BrF2N5O3. The highest BCUT2D eigenvalue weighted by atomic mass is 79.9. The van der Waals surface area contributed by atoms with Crippen LogP contribution in [0.3, 0.4) is 0 Å². The van der Waals surface area contributed by atoms with Gasteiger partial charge in [-0.05, 0) is 45.8 Å². The van der Waals surface area contributed by atoms with Gasteiger partial charge < -0.3 is 14.8 Å². The highest BCUT2D eigenvalue weighted by Gasteiger charge is 2.35. The van der Waals surface area contributed by atoms with Gasteiger partial charge in [0.2, 0.25) is 0 Å². The third-order valence-electron chi connectivity index (χ3n) is 6.04. The van der Waals surface area contributed by atoms with Crippen molar-refractivity contribution in [3.8, 4) is 5.69 Å². The Labute approximate surface area is 216 Å². The molecule has 2 unspecified atom stereocenters. The van der Waals surface area contributed by atoms with E-state index in [2.05, 4.69) is 36.6 Å². The summed E-state index contributed by atoms with van der Waals surface area (Å²) in [5.41, 5.74) is 1.88. The molecule has 0 aliphatic carbocycles. The summed E-state index contributed by atoms with van der Waals surface area (Å²) in [7, 11) is 3.18. The molecule has 2 amide bonds. The number of halogens is 3. The van der Waals surface area contributed by atoms with E-state index < -0.39 is 17.7 Å². The van der Waals surface area contributed by atoms with E-state index in [9.17, 15) is 13.6 Å². The Morgan fingerprint density at radius 1 is 1.11 bits per heavy atom. The van der Waals surface area contributed by atoms with Crippen molar-refractivity contribution < 1.29 is 23.0 Å². The van der Waals surface area contributed by atoms with Crippen molar-refractivity contribution in [3.63, 3.8) is 0 Å². The van der Waals surface area contributed by atoms with E-state index in [-0.39, 0.29) is 18.6 Å². The lowest BCUT2D eigenvalue weighted by atomic mass is 9.94. The number of hydrogen-bond acceptors (Lipinski definition) is 5. The van der Waals surface area contributed by atoms with E-state index in [1.54, 1.807) is 18.9 Å². The minimum Gasteiger partial charge on any atom is -0.383 e. The number of para-hydroxylation sites is 1. The molecule has 8 nitrogen and oxygen atoms in total. The van der Waals surface area contributed by atoms with E-state index in [1.165, 1.54) is 12.1 Å². The third kappa shape index (κ3) is 6.09.